The molecule has 0 radical (unpaired) electrons. The number of terminal acetylenes is 1. The van der Waals surface area contributed by atoms with E-state index in [0.29, 0.717) is 5.56 Å². The predicted octanol–water partition coefficient (Wildman–Crippen LogP) is 2.00. The highest BCUT2D eigenvalue weighted by Gasteiger charge is 2.25. The summed E-state index contributed by atoms with van der Waals surface area (Å²) < 4.78 is 32.1. The van der Waals surface area contributed by atoms with Gasteiger partial charge < -0.3 is 10.1 Å². The Bertz CT molecular complexity index is 1010. The van der Waals surface area contributed by atoms with Crippen LogP contribution in [0, 0.1) is 12.3 Å². The van der Waals surface area contributed by atoms with Crippen molar-refractivity contribution in [2.24, 2.45) is 0 Å². The average molecular weight is 465 g/mol. The summed E-state index contributed by atoms with van der Waals surface area (Å²) >= 11 is 3.30. The summed E-state index contributed by atoms with van der Waals surface area (Å²) in [5, 5.41) is 2.57. The zero-order valence-corrected chi connectivity index (χ0v) is 17.2. The van der Waals surface area contributed by atoms with E-state index in [1.165, 1.54) is 31.4 Å². The van der Waals surface area contributed by atoms with Crippen molar-refractivity contribution >= 4 is 37.8 Å². The molecule has 2 N–H and O–H groups in total. The van der Waals surface area contributed by atoms with E-state index in [0.717, 1.165) is 4.47 Å². The van der Waals surface area contributed by atoms with Crippen molar-refractivity contribution in [3.8, 4) is 12.3 Å². The molecule has 0 heterocycles. The zero-order valence-electron chi connectivity index (χ0n) is 14.8. The minimum atomic E-state index is -3.85. The van der Waals surface area contributed by atoms with E-state index in [-0.39, 0.29) is 17.0 Å². The molecule has 1 amide bonds. The van der Waals surface area contributed by atoms with Crippen molar-refractivity contribution in [2.45, 2.75) is 10.9 Å². The number of amides is 1. The first-order valence-electron chi connectivity index (χ1n) is 7.96. The van der Waals surface area contributed by atoms with Gasteiger partial charge in [0.05, 0.1) is 18.6 Å². The molecule has 0 aliphatic carbocycles. The van der Waals surface area contributed by atoms with Crippen LogP contribution in [-0.2, 0) is 19.6 Å². The van der Waals surface area contributed by atoms with Gasteiger partial charge in [-0.05, 0) is 35.9 Å². The maximum Gasteiger partial charge on any atom is 0.333 e. The van der Waals surface area contributed by atoms with E-state index in [9.17, 15) is 18.0 Å². The molecule has 0 saturated heterocycles. The van der Waals surface area contributed by atoms with Gasteiger partial charge in [0, 0.05) is 10.0 Å². The average Bonchev–Trinajstić information content (AvgIpc) is 2.70. The molecule has 9 heteroatoms. The second kappa shape index (κ2) is 9.50. The van der Waals surface area contributed by atoms with Crippen LogP contribution >= 0.6 is 15.9 Å². The molecule has 0 aliphatic heterocycles. The number of nitrogens with one attached hydrogen (secondary N) is 2. The van der Waals surface area contributed by atoms with Gasteiger partial charge in [0.2, 0.25) is 10.0 Å². The third-order valence-corrected chi connectivity index (χ3v) is 5.61. The Balaban J connectivity index is 2.29. The number of benzene rings is 2. The molecule has 0 saturated carbocycles. The van der Waals surface area contributed by atoms with E-state index in [4.69, 9.17) is 11.2 Å². The fourth-order valence-corrected chi connectivity index (χ4v) is 3.53. The summed E-state index contributed by atoms with van der Waals surface area (Å²) in [7, 11) is -2.64. The topological polar surface area (TPSA) is 102 Å². The summed E-state index contributed by atoms with van der Waals surface area (Å²) in [6.07, 6.45) is 5.07. The fourth-order valence-electron chi connectivity index (χ4n) is 2.29. The fraction of sp³-hybridized carbons (Fsp3) is 0.158. The summed E-state index contributed by atoms with van der Waals surface area (Å²) in [4.78, 5) is 24.7. The molecule has 0 bridgehead atoms. The van der Waals surface area contributed by atoms with Gasteiger partial charge in [0.15, 0.2) is 6.04 Å². The molecule has 7 nitrogen and oxygen atoms in total. The van der Waals surface area contributed by atoms with Crippen LogP contribution < -0.4 is 10.0 Å². The highest BCUT2D eigenvalue weighted by molar-refractivity contribution is 9.10. The number of rotatable bonds is 7. The molecule has 1 atom stereocenters. The lowest BCUT2D eigenvalue weighted by molar-refractivity contribution is -0.143. The maximum absolute atomic E-state index is 12.6. The van der Waals surface area contributed by atoms with Crippen molar-refractivity contribution in [1.29, 1.82) is 0 Å². The zero-order chi connectivity index (χ0) is 20.7. The van der Waals surface area contributed by atoms with Gasteiger partial charge in [-0.1, -0.05) is 40.0 Å². The molecule has 0 aliphatic rings. The molecule has 0 aromatic heterocycles. The number of hydrogen-bond donors (Lipinski definition) is 2. The molecule has 1 unspecified atom stereocenters. The van der Waals surface area contributed by atoms with Crippen LogP contribution in [0.15, 0.2) is 57.9 Å². The first kappa shape index (κ1) is 21.6. The smallest absolute Gasteiger partial charge is 0.333 e. The van der Waals surface area contributed by atoms with Crippen molar-refractivity contribution < 1.29 is 22.7 Å². The second-order valence-electron chi connectivity index (χ2n) is 5.54. The normalized spacial score (nSPS) is 11.9. The van der Waals surface area contributed by atoms with Gasteiger partial charge >= 0.3 is 5.97 Å². The van der Waals surface area contributed by atoms with Gasteiger partial charge in [0.25, 0.3) is 5.91 Å². The summed E-state index contributed by atoms with van der Waals surface area (Å²) in [6, 6.07) is 11.1. The molecule has 146 valence electrons. The van der Waals surface area contributed by atoms with Crippen LogP contribution in [0.25, 0.3) is 0 Å². The van der Waals surface area contributed by atoms with Crippen molar-refractivity contribution in [3.05, 3.63) is 64.1 Å². The predicted molar refractivity (Wildman–Crippen MR) is 107 cm³/mol. The lowest BCUT2D eigenvalue weighted by Gasteiger charge is -2.17. The first-order chi connectivity index (χ1) is 13.3. The van der Waals surface area contributed by atoms with E-state index in [1.54, 1.807) is 24.3 Å². The summed E-state index contributed by atoms with van der Waals surface area (Å²) in [5.74, 6) is 0.884. The number of sulfonamides is 1. The first-order valence-corrected chi connectivity index (χ1v) is 10.2. The third kappa shape index (κ3) is 5.42. The number of carbonyl (C=O) groups excluding carboxylic acids is 2. The maximum atomic E-state index is 12.6. The van der Waals surface area contributed by atoms with Crippen LogP contribution in [-0.4, -0.2) is 33.9 Å². The highest BCUT2D eigenvalue weighted by atomic mass is 79.9. The van der Waals surface area contributed by atoms with Crippen LogP contribution in [0.1, 0.15) is 22.0 Å². The van der Waals surface area contributed by atoms with Gasteiger partial charge in [-0.15, -0.1) is 6.42 Å². The Morgan fingerprint density at radius 2 is 1.89 bits per heavy atom. The van der Waals surface area contributed by atoms with Crippen LogP contribution in [0.3, 0.4) is 0 Å². The SMILES string of the molecule is C#CCNS(=O)(=O)c1cccc(C(=O)NC(C(=O)OC)c2ccc(Br)cc2)c1. The van der Waals surface area contributed by atoms with Gasteiger partial charge in [-0.25, -0.2) is 13.2 Å². The van der Waals surface area contributed by atoms with E-state index >= 15 is 0 Å². The number of halogens is 1. The van der Waals surface area contributed by atoms with E-state index < -0.39 is 27.9 Å². The standard InChI is InChI=1S/C19H17BrN2O5S/c1-3-11-21-28(25,26)16-6-4-5-14(12-16)18(23)22-17(19(24)27-2)13-7-9-15(20)10-8-13/h1,4-10,12,17,21H,11H2,2H3,(H,22,23). The minimum Gasteiger partial charge on any atom is -0.467 e. The number of ether oxygens (including phenoxy) is 1. The lowest BCUT2D eigenvalue weighted by atomic mass is 10.1. The number of carbonyl (C=O) groups is 2. The van der Waals surface area contributed by atoms with Crippen LogP contribution in [0.5, 0.6) is 0 Å². The molecule has 2 rings (SSSR count). The Labute approximate surface area is 171 Å². The van der Waals surface area contributed by atoms with Crippen molar-refractivity contribution in [3.63, 3.8) is 0 Å². The highest BCUT2D eigenvalue weighted by Crippen LogP contribution is 2.19. The van der Waals surface area contributed by atoms with Crippen molar-refractivity contribution in [1.82, 2.24) is 10.0 Å². The van der Waals surface area contributed by atoms with E-state index in [1.807, 2.05) is 0 Å². The number of esters is 1. The van der Waals surface area contributed by atoms with Crippen molar-refractivity contribution in [2.75, 3.05) is 13.7 Å². The molecule has 28 heavy (non-hydrogen) atoms. The van der Waals surface area contributed by atoms with E-state index in [2.05, 4.69) is 31.9 Å². The molecule has 0 fully saturated rings. The number of methoxy groups -OCH3 is 1. The monoisotopic (exact) mass is 464 g/mol. The third-order valence-electron chi connectivity index (χ3n) is 3.69. The summed E-state index contributed by atoms with van der Waals surface area (Å²) in [6.45, 7) is -0.174. The largest absolute Gasteiger partial charge is 0.467 e. The van der Waals surface area contributed by atoms with Crippen LogP contribution in [0.2, 0.25) is 0 Å². The lowest BCUT2D eigenvalue weighted by Crippen LogP contribution is -2.34. The molecule has 2 aromatic rings. The molecule has 2 aromatic carbocycles. The minimum absolute atomic E-state index is 0.0644. The molecule has 0 spiro atoms. The van der Waals surface area contributed by atoms with Gasteiger partial charge in [-0.3, -0.25) is 4.79 Å². The summed E-state index contributed by atoms with van der Waals surface area (Å²) in [5.41, 5.74) is 0.581. The van der Waals surface area contributed by atoms with Gasteiger partial charge in [0.1, 0.15) is 0 Å². The molecular formula is C19H17BrN2O5S. The Morgan fingerprint density at radius 1 is 1.21 bits per heavy atom. The molecular weight excluding hydrogens is 448 g/mol. The van der Waals surface area contributed by atoms with Gasteiger partial charge in [-0.2, -0.15) is 4.72 Å². The number of hydrogen-bond acceptors (Lipinski definition) is 5. The Morgan fingerprint density at radius 3 is 2.50 bits per heavy atom. The second-order valence-corrected chi connectivity index (χ2v) is 8.22. The Kier molecular flexibility index (Phi) is 7.34. The van der Waals surface area contributed by atoms with Crippen LogP contribution in [0.4, 0.5) is 0 Å². The Hall–Kier alpha value is -2.67. The quantitative estimate of drug-likeness (QED) is 0.481.